The Balaban J connectivity index is 1.72. The Bertz CT molecular complexity index is 998. The Morgan fingerprint density at radius 1 is 1.11 bits per heavy atom. The Hall–Kier alpha value is -3.52. The van der Waals surface area contributed by atoms with Crippen molar-refractivity contribution in [3.63, 3.8) is 0 Å². The van der Waals surface area contributed by atoms with Gasteiger partial charge in [-0.3, -0.25) is 9.78 Å². The van der Waals surface area contributed by atoms with Crippen molar-refractivity contribution in [2.24, 2.45) is 0 Å². The predicted molar refractivity (Wildman–Crippen MR) is 104 cm³/mol. The molecule has 8 nitrogen and oxygen atoms in total. The van der Waals surface area contributed by atoms with E-state index in [-0.39, 0.29) is 22.0 Å². The molecule has 0 aliphatic carbocycles. The van der Waals surface area contributed by atoms with E-state index in [1.165, 1.54) is 37.6 Å². The van der Waals surface area contributed by atoms with Crippen LogP contribution in [0.4, 0.5) is 11.6 Å². The summed E-state index contributed by atoms with van der Waals surface area (Å²) in [5.74, 6) is -0.714. The zero-order valence-electron chi connectivity index (χ0n) is 14.8. The number of hydrogen-bond acceptors (Lipinski definition) is 7. The summed E-state index contributed by atoms with van der Waals surface area (Å²) < 4.78 is 4.67. The molecule has 3 aromatic rings. The number of rotatable bonds is 6. The van der Waals surface area contributed by atoms with Gasteiger partial charge in [-0.1, -0.05) is 11.6 Å². The molecule has 0 radical (unpaired) electrons. The molecule has 142 valence electrons. The summed E-state index contributed by atoms with van der Waals surface area (Å²) in [4.78, 5) is 36.4. The van der Waals surface area contributed by atoms with Gasteiger partial charge in [0.25, 0.3) is 5.91 Å². The van der Waals surface area contributed by atoms with Crippen LogP contribution in [0.2, 0.25) is 5.02 Å². The van der Waals surface area contributed by atoms with E-state index in [1.807, 2.05) is 12.1 Å². The smallest absolute Gasteiger partial charge is 0.337 e. The third-order valence-corrected chi connectivity index (χ3v) is 4.05. The highest BCUT2D eigenvalue weighted by Crippen LogP contribution is 2.24. The monoisotopic (exact) mass is 397 g/mol. The molecule has 0 unspecified atom stereocenters. The van der Waals surface area contributed by atoms with Crippen LogP contribution in [0.5, 0.6) is 0 Å². The summed E-state index contributed by atoms with van der Waals surface area (Å²) in [5.41, 5.74) is 1.69. The maximum atomic E-state index is 12.5. The van der Waals surface area contributed by atoms with Crippen molar-refractivity contribution in [2.45, 2.75) is 6.54 Å². The van der Waals surface area contributed by atoms with Gasteiger partial charge in [-0.15, -0.1) is 0 Å². The minimum atomic E-state index is -0.531. The van der Waals surface area contributed by atoms with Crippen LogP contribution < -0.4 is 10.6 Å². The van der Waals surface area contributed by atoms with Crippen LogP contribution in [-0.4, -0.2) is 33.9 Å². The van der Waals surface area contributed by atoms with E-state index in [4.69, 9.17) is 11.6 Å². The van der Waals surface area contributed by atoms with Gasteiger partial charge in [-0.05, 0) is 42.0 Å². The minimum absolute atomic E-state index is 0.145. The zero-order valence-corrected chi connectivity index (χ0v) is 15.6. The maximum absolute atomic E-state index is 12.5. The van der Waals surface area contributed by atoms with Gasteiger partial charge in [-0.25, -0.2) is 14.8 Å². The molecule has 0 fully saturated rings. The zero-order chi connectivity index (χ0) is 19.9. The molecule has 2 heterocycles. The van der Waals surface area contributed by atoms with Crippen LogP contribution in [0, 0.1) is 0 Å². The molecule has 0 saturated carbocycles. The molecular weight excluding hydrogens is 382 g/mol. The number of anilines is 2. The number of esters is 1. The Morgan fingerprint density at radius 3 is 2.64 bits per heavy atom. The fraction of sp³-hybridized carbons (Fsp3) is 0.105. The number of pyridine rings is 1. The highest BCUT2D eigenvalue weighted by Gasteiger charge is 2.14. The Morgan fingerprint density at radius 2 is 1.89 bits per heavy atom. The third-order valence-electron chi connectivity index (χ3n) is 3.72. The molecule has 2 N–H and O–H groups in total. The molecule has 28 heavy (non-hydrogen) atoms. The van der Waals surface area contributed by atoms with E-state index in [0.717, 1.165) is 5.56 Å². The molecule has 0 atom stereocenters. The van der Waals surface area contributed by atoms with Crippen LogP contribution in [0.1, 0.15) is 26.4 Å². The van der Waals surface area contributed by atoms with Crippen LogP contribution in [0.15, 0.2) is 55.0 Å². The lowest BCUT2D eigenvalue weighted by Gasteiger charge is -2.10. The van der Waals surface area contributed by atoms with Crippen LogP contribution in [0.3, 0.4) is 0 Å². The molecule has 0 saturated heterocycles. The van der Waals surface area contributed by atoms with E-state index in [0.29, 0.717) is 12.5 Å². The van der Waals surface area contributed by atoms with Crippen LogP contribution in [0.25, 0.3) is 0 Å². The number of ether oxygens (including phenoxy) is 1. The van der Waals surface area contributed by atoms with E-state index >= 15 is 0 Å². The number of halogens is 1. The number of carbonyl (C=O) groups is 2. The van der Waals surface area contributed by atoms with Crippen molar-refractivity contribution in [1.82, 2.24) is 15.0 Å². The standard InChI is InChI=1S/C19H16ClN5O3/c1-28-18(27)13-2-3-14(20)16(10-13)24-17(26)15-6-9-22-19(25-15)23-11-12-4-7-21-8-5-12/h2-10H,11H2,1H3,(H,24,26)(H,22,23,25). The van der Waals surface area contributed by atoms with Gasteiger partial charge in [0, 0.05) is 25.1 Å². The molecule has 0 aliphatic rings. The first-order valence-corrected chi connectivity index (χ1v) is 8.59. The average Bonchev–Trinajstić information content (AvgIpc) is 2.74. The fourth-order valence-electron chi connectivity index (χ4n) is 2.30. The van der Waals surface area contributed by atoms with Crippen LogP contribution >= 0.6 is 11.6 Å². The van der Waals surface area contributed by atoms with Crippen LogP contribution in [-0.2, 0) is 11.3 Å². The molecule has 0 aliphatic heterocycles. The second-order valence-electron chi connectivity index (χ2n) is 5.61. The molecule has 1 aromatic carbocycles. The van der Waals surface area contributed by atoms with Gasteiger partial charge in [0.2, 0.25) is 5.95 Å². The largest absolute Gasteiger partial charge is 0.465 e. The second-order valence-corrected chi connectivity index (χ2v) is 6.02. The topological polar surface area (TPSA) is 106 Å². The van der Waals surface area contributed by atoms with E-state index in [9.17, 15) is 9.59 Å². The quantitative estimate of drug-likeness (QED) is 0.615. The third kappa shape index (κ3) is 4.80. The molecular formula is C19H16ClN5O3. The fourth-order valence-corrected chi connectivity index (χ4v) is 2.47. The van der Waals surface area contributed by atoms with Gasteiger partial charge in [0.15, 0.2) is 0 Å². The highest BCUT2D eigenvalue weighted by atomic mass is 35.5. The number of carbonyl (C=O) groups excluding carboxylic acids is 2. The van der Waals surface area contributed by atoms with Crippen molar-refractivity contribution >= 4 is 35.1 Å². The summed E-state index contributed by atoms with van der Waals surface area (Å²) in [6, 6.07) is 9.65. The first kappa shape index (κ1) is 19.2. The normalized spacial score (nSPS) is 10.2. The van der Waals surface area contributed by atoms with Crippen molar-refractivity contribution in [3.05, 3.63) is 76.8 Å². The van der Waals surface area contributed by atoms with Gasteiger partial charge in [0.05, 0.1) is 23.4 Å². The average molecular weight is 398 g/mol. The number of nitrogens with zero attached hydrogens (tertiary/aromatic N) is 3. The first-order chi connectivity index (χ1) is 13.6. The van der Waals surface area contributed by atoms with Gasteiger partial charge < -0.3 is 15.4 Å². The Labute approximate surface area is 166 Å². The number of nitrogens with one attached hydrogen (secondary N) is 2. The highest BCUT2D eigenvalue weighted by molar-refractivity contribution is 6.34. The molecule has 1 amide bonds. The van der Waals surface area contributed by atoms with Crippen molar-refractivity contribution < 1.29 is 14.3 Å². The SMILES string of the molecule is COC(=O)c1ccc(Cl)c(NC(=O)c2ccnc(NCc3ccncc3)n2)c1. The summed E-state index contributed by atoms with van der Waals surface area (Å²) in [5, 5.41) is 5.97. The minimum Gasteiger partial charge on any atom is -0.465 e. The predicted octanol–water partition coefficient (Wildman–Crippen LogP) is 3.18. The van der Waals surface area contributed by atoms with E-state index in [2.05, 4.69) is 30.3 Å². The van der Waals surface area contributed by atoms with Crippen molar-refractivity contribution in [2.75, 3.05) is 17.7 Å². The van der Waals surface area contributed by atoms with Crippen molar-refractivity contribution in [3.8, 4) is 0 Å². The number of methoxy groups -OCH3 is 1. The summed E-state index contributed by atoms with van der Waals surface area (Å²) in [6.07, 6.45) is 4.85. The molecule has 2 aromatic heterocycles. The second kappa shape index (κ2) is 8.92. The summed E-state index contributed by atoms with van der Waals surface area (Å²) >= 11 is 6.11. The lowest BCUT2D eigenvalue weighted by Crippen LogP contribution is -2.16. The van der Waals surface area contributed by atoms with Gasteiger partial charge in [-0.2, -0.15) is 0 Å². The lowest BCUT2D eigenvalue weighted by molar-refractivity contribution is 0.0600. The number of aromatic nitrogens is 3. The Kier molecular flexibility index (Phi) is 6.13. The van der Waals surface area contributed by atoms with Crippen molar-refractivity contribution in [1.29, 1.82) is 0 Å². The number of amides is 1. The maximum Gasteiger partial charge on any atom is 0.337 e. The molecule has 0 spiro atoms. The number of hydrogen-bond donors (Lipinski definition) is 2. The number of benzene rings is 1. The van der Waals surface area contributed by atoms with E-state index < -0.39 is 11.9 Å². The van der Waals surface area contributed by atoms with E-state index in [1.54, 1.807) is 12.4 Å². The summed E-state index contributed by atoms with van der Waals surface area (Å²) in [7, 11) is 1.27. The molecule has 9 heteroatoms. The van der Waals surface area contributed by atoms with Gasteiger partial charge >= 0.3 is 5.97 Å². The summed E-state index contributed by atoms with van der Waals surface area (Å²) in [6.45, 7) is 0.487. The lowest BCUT2D eigenvalue weighted by atomic mass is 10.2. The molecule has 3 rings (SSSR count). The molecule has 0 bridgehead atoms. The van der Waals surface area contributed by atoms with Gasteiger partial charge in [0.1, 0.15) is 5.69 Å². The first-order valence-electron chi connectivity index (χ1n) is 8.22.